The molecule has 150 valence electrons. The Morgan fingerprint density at radius 3 is 1.86 bits per heavy atom. The van der Waals surface area contributed by atoms with E-state index >= 15 is 0 Å². The number of amides is 2. The van der Waals surface area contributed by atoms with E-state index < -0.39 is 11.7 Å². The summed E-state index contributed by atoms with van der Waals surface area (Å²) in [5.41, 5.74) is 3.09. The highest BCUT2D eigenvalue weighted by atomic mass is 16.6. The Hall–Kier alpha value is -3.02. The highest BCUT2D eigenvalue weighted by Gasteiger charge is 2.15. The molecule has 0 heterocycles. The molecule has 2 rings (SSSR count). The Balaban J connectivity index is 1.83. The van der Waals surface area contributed by atoms with Crippen molar-refractivity contribution in [2.75, 3.05) is 19.0 Å². The number of alkyl carbamates (subject to hydrolysis) is 1. The van der Waals surface area contributed by atoms with Crippen molar-refractivity contribution in [1.29, 1.82) is 0 Å². The first-order chi connectivity index (χ1) is 13.1. The van der Waals surface area contributed by atoms with Crippen LogP contribution in [0.1, 0.15) is 42.3 Å². The molecular formula is C22H29N3O3. The van der Waals surface area contributed by atoms with Crippen molar-refractivity contribution >= 4 is 17.7 Å². The number of rotatable bonds is 6. The van der Waals surface area contributed by atoms with Crippen molar-refractivity contribution in [2.24, 2.45) is 0 Å². The largest absolute Gasteiger partial charge is 0.444 e. The molecule has 0 atom stereocenters. The first-order valence-corrected chi connectivity index (χ1v) is 9.24. The molecule has 0 saturated heterocycles. The normalized spacial score (nSPS) is 10.9. The smallest absolute Gasteiger partial charge is 0.407 e. The van der Waals surface area contributed by atoms with Gasteiger partial charge in [-0.15, -0.1) is 0 Å². The van der Waals surface area contributed by atoms with Gasteiger partial charge in [0.05, 0.1) is 0 Å². The molecule has 0 saturated carbocycles. The summed E-state index contributed by atoms with van der Waals surface area (Å²) in [5.74, 6) is -0.136. The average molecular weight is 383 g/mol. The summed E-state index contributed by atoms with van der Waals surface area (Å²) in [4.78, 5) is 26.0. The molecule has 2 aromatic rings. The number of hydrogen-bond donors (Lipinski definition) is 2. The van der Waals surface area contributed by atoms with Crippen LogP contribution < -0.4 is 15.5 Å². The Bertz CT molecular complexity index is 791. The summed E-state index contributed by atoms with van der Waals surface area (Å²) < 4.78 is 5.20. The summed E-state index contributed by atoms with van der Waals surface area (Å²) in [6, 6.07) is 15.2. The molecule has 0 spiro atoms. The van der Waals surface area contributed by atoms with Crippen LogP contribution in [0, 0.1) is 0 Å². The van der Waals surface area contributed by atoms with Gasteiger partial charge in [0.15, 0.2) is 0 Å². The highest BCUT2D eigenvalue weighted by molar-refractivity contribution is 5.94. The number of ether oxygens (including phenoxy) is 1. The van der Waals surface area contributed by atoms with E-state index in [-0.39, 0.29) is 5.91 Å². The minimum atomic E-state index is -0.529. The Morgan fingerprint density at radius 2 is 1.36 bits per heavy atom. The SMILES string of the molecule is CN(C)c1ccc(CNC(=O)c2ccc(CNC(=O)OC(C)(C)C)cc2)cc1. The maximum absolute atomic E-state index is 12.3. The van der Waals surface area contributed by atoms with E-state index in [1.165, 1.54) is 0 Å². The molecule has 0 fully saturated rings. The zero-order valence-electron chi connectivity index (χ0n) is 17.2. The van der Waals surface area contributed by atoms with E-state index in [0.29, 0.717) is 18.7 Å². The number of nitrogens with one attached hydrogen (secondary N) is 2. The van der Waals surface area contributed by atoms with Crippen LogP contribution in [0.15, 0.2) is 48.5 Å². The highest BCUT2D eigenvalue weighted by Crippen LogP contribution is 2.12. The summed E-state index contributed by atoms with van der Waals surface area (Å²) in [6.07, 6.45) is -0.463. The lowest BCUT2D eigenvalue weighted by Crippen LogP contribution is -2.32. The van der Waals surface area contributed by atoms with Crippen molar-refractivity contribution < 1.29 is 14.3 Å². The van der Waals surface area contributed by atoms with Gasteiger partial charge in [-0.25, -0.2) is 4.79 Å². The van der Waals surface area contributed by atoms with Crippen molar-refractivity contribution in [1.82, 2.24) is 10.6 Å². The molecule has 0 aliphatic rings. The Morgan fingerprint density at radius 1 is 0.857 bits per heavy atom. The van der Waals surface area contributed by atoms with Crippen molar-refractivity contribution in [3.05, 3.63) is 65.2 Å². The fourth-order valence-corrected chi connectivity index (χ4v) is 2.46. The molecule has 0 bridgehead atoms. The lowest BCUT2D eigenvalue weighted by molar-refractivity contribution is 0.0523. The van der Waals surface area contributed by atoms with Gasteiger partial charge in [-0.05, 0) is 56.2 Å². The number of carbonyl (C=O) groups excluding carboxylic acids is 2. The molecule has 0 aliphatic heterocycles. The second kappa shape index (κ2) is 9.26. The summed E-state index contributed by atoms with van der Waals surface area (Å²) in [5, 5.41) is 5.62. The van der Waals surface area contributed by atoms with E-state index in [1.54, 1.807) is 12.1 Å². The van der Waals surface area contributed by atoms with Crippen LogP contribution in [0.4, 0.5) is 10.5 Å². The van der Waals surface area contributed by atoms with Gasteiger partial charge in [0.25, 0.3) is 5.91 Å². The third-order valence-electron chi connectivity index (χ3n) is 3.96. The summed E-state index contributed by atoms with van der Waals surface area (Å²) >= 11 is 0. The zero-order valence-corrected chi connectivity index (χ0v) is 17.2. The van der Waals surface area contributed by atoms with E-state index in [2.05, 4.69) is 10.6 Å². The van der Waals surface area contributed by atoms with E-state index in [1.807, 2.05) is 76.2 Å². The van der Waals surface area contributed by atoms with Crippen LogP contribution in [0.2, 0.25) is 0 Å². The number of anilines is 1. The van der Waals surface area contributed by atoms with Crippen LogP contribution >= 0.6 is 0 Å². The van der Waals surface area contributed by atoms with Gasteiger partial charge >= 0.3 is 6.09 Å². The van der Waals surface area contributed by atoms with Crippen LogP contribution in [0.25, 0.3) is 0 Å². The molecule has 0 aromatic heterocycles. The van der Waals surface area contributed by atoms with Gasteiger partial charge < -0.3 is 20.3 Å². The van der Waals surface area contributed by atoms with Crippen molar-refractivity contribution in [3.8, 4) is 0 Å². The molecule has 6 heteroatoms. The molecule has 0 aliphatic carbocycles. The molecule has 0 unspecified atom stereocenters. The van der Waals surface area contributed by atoms with Crippen molar-refractivity contribution in [2.45, 2.75) is 39.5 Å². The lowest BCUT2D eigenvalue weighted by atomic mass is 10.1. The van der Waals surface area contributed by atoms with Gasteiger partial charge in [-0.1, -0.05) is 24.3 Å². The van der Waals surface area contributed by atoms with Crippen LogP contribution in [0.5, 0.6) is 0 Å². The zero-order chi connectivity index (χ0) is 20.7. The molecule has 2 amide bonds. The fourth-order valence-electron chi connectivity index (χ4n) is 2.46. The van der Waals surface area contributed by atoms with Crippen LogP contribution in [-0.4, -0.2) is 31.7 Å². The van der Waals surface area contributed by atoms with Gasteiger partial charge in [-0.2, -0.15) is 0 Å². The van der Waals surface area contributed by atoms with Crippen LogP contribution in [-0.2, 0) is 17.8 Å². The lowest BCUT2D eigenvalue weighted by Gasteiger charge is -2.19. The summed E-state index contributed by atoms with van der Waals surface area (Å²) in [6.45, 7) is 6.26. The molecule has 6 nitrogen and oxygen atoms in total. The molecule has 2 aromatic carbocycles. The predicted octanol–water partition coefficient (Wildman–Crippen LogP) is 3.71. The minimum Gasteiger partial charge on any atom is -0.444 e. The van der Waals surface area contributed by atoms with Gasteiger partial charge in [-0.3, -0.25) is 4.79 Å². The average Bonchev–Trinajstić information content (AvgIpc) is 2.64. The standard InChI is InChI=1S/C22H29N3O3/c1-22(2,3)28-21(27)24-15-16-6-10-18(11-7-16)20(26)23-14-17-8-12-19(13-9-17)25(4)5/h6-13H,14-15H2,1-5H3,(H,23,26)(H,24,27). The first-order valence-electron chi connectivity index (χ1n) is 9.24. The minimum absolute atomic E-state index is 0.136. The van der Waals surface area contributed by atoms with Crippen LogP contribution in [0.3, 0.4) is 0 Å². The van der Waals surface area contributed by atoms with Gasteiger partial charge in [0.2, 0.25) is 0 Å². The number of benzene rings is 2. The number of hydrogen-bond acceptors (Lipinski definition) is 4. The number of carbonyl (C=O) groups is 2. The van der Waals surface area contributed by atoms with Gasteiger partial charge in [0, 0.05) is 38.4 Å². The Labute approximate surface area is 166 Å². The van der Waals surface area contributed by atoms with Gasteiger partial charge in [0.1, 0.15) is 5.60 Å². The second-order valence-electron chi connectivity index (χ2n) is 7.80. The topological polar surface area (TPSA) is 70.7 Å². The number of nitrogens with zero attached hydrogens (tertiary/aromatic N) is 1. The van der Waals surface area contributed by atoms with E-state index in [4.69, 9.17) is 4.74 Å². The van der Waals surface area contributed by atoms with E-state index in [0.717, 1.165) is 16.8 Å². The predicted molar refractivity (Wildman–Crippen MR) is 111 cm³/mol. The van der Waals surface area contributed by atoms with Crippen molar-refractivity contribution in [3.63, 3.8) is 0 Å². The first kappa shape index (κ1) is 21.3. The second-order valence-corrected chi connectivity index (χ2v) is 7.80. The molecule has 0 radical (unpaired) electrons. The molecular weight excluding hydrogens is 354 g/mol. The molecule has 2 N–H and O–H groups in total. The summed E-state index contributed by atoms with van der Waals surface area (Å²) in [7, 11) is 3.98. The third-order valence-corrected chi connectivity index (χ3v) is 3.96. The monoisotopic (exact) mass is 383 g/mol. The molecule has 28 heavy (non-hydrogen) atoms. The third kappa shape index (κ3) is 6.95. The maximum Gasteiger partial charge on any atom is 0.407 e. The van der Waals surface area contributed by atoms with E-state index in [9.17, 15) is 9.59 Å². The Kier molecular flexibility index (Phi) is 7.04. The maximum atomic E-state index is 12.3. The quantitative estimate of drug-likeness (QED) is 0.798. The fraction of sp³-hybridized carbons (Fsp3) is 0.364.